The normalized spacial score (nSPS) is 11.3. The van der Waals surface area contributed by atoms with Gasteiger partial charge in [0, 0.05) is 12.6 Å². The molecule has 0 aliphatic rings. The minimum absolute atomic E-state index is 0.314. The van der Waals surface area contributed by atoms with E-state index in [1.807, 2.05) is 0 Å². The van der Waals surface area contributed by atoms with Crippen LogP contribution in [0.25, 0.3) is 10.6 Å². The molecule has 0 fully saturated rings. The Kier molecular flexibility index (Phi) is 5.93. The molecule has 2 amide bonds. The van der Waals surface area contributed by atoms with Crippen molar-refractivity contribution >= 4 is 28.8 Å². The Labute approximate surface area is 175 Å². The van der Waals surface area contributed by atoms with Crippen LogP contribution in [-0.4, -0.2) is 23.8 Å². The number of hydrogen-bond donors (Lipinski definition) is 2. The van der Waals surface area contributed by atoms with Crippen molar-refractivity contribution in [3.63, 3.8) is 0 Å². The van der Waals surface area contributed by atoms with Gasteiger partial charge in [0.1, 0.15) is 9.88 Å². The summed E-state index contributed by atoms with van der Waals surface area (Å²) in [6.45, 7) is 3.41. The topological polar surface area (TPSA) is 71.1 Å². The van der Waals surface area contributed by atoms with Crippen molar-refractivity contribution in [1.82, 2.24) is 10.3 Å². The maximum absolute atomic E-state index is 12.8. The standard InChI is InChI=1S/C21H18F3N3O2S/c1-11-5-4-6-15(16(11)18(28)25-3)27-19(29)17-12(2)26-20(30-17)13-7-9-14(10-8-13)21(22,23)24/h4-10H,1-3H3,(H,25,28)(H,27,29). The third-order valence-electron chi connectivity index (χ3n) is 4.44. The van der Waals surface area contributed by atoms with Crippen molar-refractivity contribution in [1.29, 1.82) is 0 Å². The van der Waals surface area contributed by atoms with Gasteiger partial charge in [-0.2, -0.15) is 13.2 Å². The lowest BCUT2D eigenvalue weighted by molar-refractivity contribution is -0.137. The average molecular weight is 433 g/mol. The van der Waals surface area contributed by atoms with Crippen molar-refractivity contribution in [2.75, 3.05) is 12.4 Å². The number of thiazole rings is 1. The van der Waals surface area contributed by atoms with Gasteiger partial charge >= 0.3 is 6.18 Å². The Morgan fingerprint density at radius 1 is 1.00 bits per heavy atom. The highest BCUT2D eigenvalue weighted by Gasteiger charge is 2.30. The first-order valence-corrected chi connectivity index (χ1v) is 9.71. The zero-order valence-corrected chi connectivity index (χ0v) is 17.2. The van der Waals surface area contributed by atoms with Crippen LogP contribution in [0.2, 0.25) is 0 Å². The Balaban J connectivity index is 1.88. The molecule has 0 spiro atoms. The molecule has 0 atom stereocenters. The van der Waals surface area contributed by atoms with E-state index in [4.69, 9.17) is 0 Å². The summed E-state index contributed by atoms with van der Waals surface area (Å²) in [4.78, 5) is 29.6. The van der Waals surface area contributed by atoms with Crippen LogP contribution in [0.1, 0.15) is 36.9 Å². The number of carbonyl (C=O) groups is 2. The fourth-order valence-corrected chi connectivity index (χ4v) is 3.88. The highest BCUT2D eigenvalue weighted by molar-refractivity contribution is 7.17. The lowest BCUT2D eigenvalue weighted by Crippen LogP contribution is -2.22. The maximum Gasteiger partial charge on any atom is 0.416 e. The summed E-state index contributed by atoms with van der Waals surface area (Å²) < 4.78 is 38.3. The van der Waals surface area contributed by atoms with E-state index in [2.05, 4.69) is 15.6 Å². The highest BCUT2D eigenvalue weighted by atomic mass is 32.1. The van der Waals surface area contributed by atoms with Crippen molar-refractivity contribution in [2.24, 2.45) is 0 Å². The van der Waals surface area contributed by atoms with Crippen LogP contribution in [0.15, 0.2) is 42.5 Å². The number of alkyl halides is 3. The van der Waals surface area contributed by atoms with Crippen LogP contribution in [0.3, 0.4) is 0 Å². The summed E-state index contributed by atoms with van der Waals surface area (Å²) in [5.41, 5.74) is 1.61. The molecule has 0 aliphatic heterocycles. The van der Waals surface area contributed by atoms with Gasteiger partial charge in [0.05, 0.1) is 22.5 Å². The predicted octanol–water partition coefficient (Wildman–Crippen LogP) is 5.06. The minimum atomic E-state index is -4.42. The molecular weight excluding hydrogens is 415 g/mol. The summed E-state index contributed by atoms with van der Waals surface area (Å²) in [5, 5.41) is 5.72. The summed E-state index contributed by atoms with van der Waals surface area (Å²) in [6.07, 6.45) is -4.42. The van der Waals surface area contributed by atoms with Crippen LogP contribution >= 0.6 is 11.3 Å². The number of hydrogen-bond acceptors (Lipinski definition) is 4. The summed E-state index contributed by atoms with van der Waals surface area (Å²) in [5.74, 6) is -0.770. The molecule has 0 bridgehead atoms. The summed E-state index contributed by atoms with van der Waals surface area (Å²) >= 11 is 1.07. The van der Waals surface area contributed by atoms with E-state index in [-0.39, 0.29) is 5.91 Å². The van der Waals surface area contributed by atoms with Gasteiger partial charge in [-0.05, 0) is 37.6 Å². The quantitative estimate of drug-likeness (QED) is 0.604. The largest absolute Gasteiger partial charge is 0.416 e. The molecule has 0 aliphatic carbocycles. The number of nitrogens with one attached hydrogen (secondary N) is 2. The van der Waals surface area contributed by atoms with Crippen LogP contribution < -0.4 is 10.6 Å². The Morgan fingerprint density at radius 2 is 1.67 bits per heavy atom. The van der Waals surface area contributed by atoms with Crippen LogP contribution in [0.4, 0.5) is 18.9 Å². The summed E-state index contributed by atoms with van der Waals surface area (Å²) in [7, 11) is 1.50. The van der Waals surface area contributed by atoms with Crippen LogP contribution in [0.5, 0.6) is 0 Å². The molecule has 3 aromatic rings. The second-order valence-corrected chi connectivity index (χ2v) is 7.54. The molecule has 9 heteroatoms. The number of nitrogens with zero attached hydrogens (tertiary/aromatic N) is 1. The van der Waals surface area contributed by atoms with Gasteiger partial charge in [0.2, 0.25) is 0 Å². The van der Waals surface area contributed by atoms with Gasteiger partial charge in [-0.3, -0.25) is 9.59 Å². The fourth-order valence-electron chi connectivity index (χ4n) is 2.91. The fraction of sp³-hybridized carbons (Fsp3) is 0.190. The SMILES string of the molecule is CNC(=O)c1c(C)cccc1NC(=O)c1sc(-c2ccc(C(F)(F)F)cc2)nc1C. The molecule has 1 heterocycles. The third-order valence-corrected chi connectivity index (χ3v) is 5.64. The molecule has 0 saturated heterocycles. The molecule has 0 radical (unpaired) electrons. The molecule has 2 N–H and O–H groups in total. The van der Waals surface area contributed by atoms with E-state index in [0.717, 1.165) is 23.5 Å². The van der Waals surface area contributed by atoms with Gasteiger partial charge in [0.25, 0.3) is 11.8 Å². The van der Waals surface area contributed by atoms with E-state index in [1.165, 1.54) is 19.2 Å². The molecular formula is C21H18F3N3O2S. The van der Waals surface area contributed by atoms with Crippen molar-refractivity contribution in [2.45, 2.75) is 20.0 Å². The smallest absolute Gasteiger partial charge is 0.355 e. The second-order valence-electron chi connectivity index (χ2n) is 6.54. The molecule has 2 aromatic carbocycles. The van der Waals surface area contributed by atoms with E-state index in [9.17, 15) is 22.8 Å². The number of anilines is 1. The van der Waals surface area contributed by atoms with Gasteiger partial charge in [-0.15, -0.1) is 11.3 Å². The zero-order valence-electron chi connectivity index (χ0n) is 16.3. The Morgan fingerprint density at radius 3 is 2.27 bits per heavy atom. The Hall–Kier alpha value is -3.20. The molecule has 3 rings (SSSR count). The molecule has 156 valence electrons. The zero-order chi connectivity index (χ0) is 22.1. The van der Waals surface area contributed by atoms with E-state index in [0.29, 0.717) is 38.0 Å². The van der Waals surface area contributed by atoms with Crippen molar-refractivity contribution < 1.29 is 22.8 Å². The monoisotopic (exact) mass is 433 g/mol. The van der Waals surface area contributed by atoms with Gasteiger partial charge in [-0.25, -0.2) is 4.98 Å². The lowest BCUT2D eigenvalue weighted by atomic mass is 10.1. The number of rotatable bonds is 4. The minimum Gasteiger partial charge on any atom is -0.355 e. The van der Waals surface area contributed by atoms with Gasteiger partial charge < -0.3 is 10.6 Å². The second kappa shape index (κ2) is 8.27. The van der Waals surface area contributed by atoms with Gasteiger partial charge in [-0.1, -0.05) is 24.3 Å². The molecule has 1 aromatic heterocycles. The average Bonchev–Trinajstić information content (AvgIpc) is 3.09. The third kappa shape index (κ3) is 4.35. The highest BCUT2D eigenvalue weighted by Crippen LogP contribution is 2.33. The number of carbonyl (C=O) groups excluding carboxylic acids is 2. The summed E-state index contributed by atoms with van der Waals surface area (Å²) in [6, 6.07) is 9.73. The molecule has 30 heavy (non-hydrogen) atoms. The van der Waals surface area contributed by atoms with E-state index < -0.39 is 17.6 Å². The number of amides is 2. The first-order chi connectivity index (χ1) is 14.1. The number of aryl methyl sites for hydroxylation is 2. The molecule has 0 saturated carbocycles. The number of halogens is 3. The first-order valence-electron chi connectivity index (χ1n) is 8.90. The van der Waals surface area contributed by atoms with Crippen LogP contribution in [0, 0.1) is 13.8 Å². The van der Waals surface area contributed by atoms with Crippen molar-refractivity contribution in [3.05, 3.63) is 69.7 Å². The lowest BCUT2D eigenvalue weighted by Gasteiger charge is -2.12. The van der Waals surface area contributed by atoms with Crippen molar-refractivity contribution in [3.8, 4) is 10.6 Å². The Bertz CT molecular complexity index is 1110. The van der Waals surface area contributed by atoms with E-state index in [1.54, 1.807) is 32.0 Å². The molecule has 5 nitrogen and oxygen atoms in total. The van der Waals surface area contributed by atoms with E-state index >= 15 is 0 Å². The van der Waals surface area contributed by atoms with Gasteiger partial charge in [0.15, 0.2) is 0 Å². The maximum atomic E-state index is 12.8. The first kappa shape index (κ1) is 21.5. The number of aromatic nitrogens is 1. The predicted molar refractivity (Wildman–Crippen MR) is 110 cm³/mol. The number of benzene rings is 2. The molecule has 0 unspecified atom stereocenters. The van der Waals surface area contributed by atoms with Crippen LogP contribution in [-0.2, 0) is 6.18 Å².